The molecule has 2 rings (SSSR count). The van der Waals surface area contributed by atoms with Crippen LogP contribution in [-0.2, 0) is 6.54 Å². The van der Waals surface area contributed by atoms with Gasteiger partial charge in [-0.2, -0.15) is 5.26 Å². The third-order valence-corrected chi connectivity index (χ3v) is 3.84. The van der Waals surface area contributed by atoms with Crippen LogP contribution in [0.1, 0.15) is 11.1 Å². The lowest BCUT2D eigenvalue weighted by atomic mass is 10.1. The van der Waals surface area contributed by atoms with Gasteiger partial charge in [-0.3, -0.25) is 0 Å². The van der Waals surface area contributed by atoms with Gasteiger partial charge >= 0.3 is 0 Å². The van der Waals surface area contributed by atoms with E-state index in [0.717, 1.165) is 20.2 Å². The van der Waals surface area contributed by atoms with E-state index in [1.807, 2.05) is 42.5 Å². The molecule has 0 aliphatic heterocycles. The molecule has 0 saturated carbocycles. The fourth-order valence-corrected chi connectivity index (χ4v) is 2.83. The van der Waals surface area contributed by atoms with Gasteiger partial charge in [0.2, 0.25) is 0 Å². The number of hydrogen-bond acceptors (Lipinski definition) is 2. The largest absolute Gasteiger partial charge is 0.379 e. The van der Waals surface area contributed by atoms with Gasteiger partial charge in [-0.05, 0) is 61.7 Å². The number of benzene rings is 2. The fourth-order valence-electron chi connectivity index (χ4n) is 1.55. The Balaban J connectivity index is 2.09. The Morgan fingerprint density at radius 2 is 1.61 bits per heavy atom. The third kappa shape index (κ3) is 3.12. The second-order valence-electron chi connectivity index (χ2n) is 3.76. The van der Waals surface area contributed by atoms with Crippen LogP contribution in [0.5, 0.6) is 0 Å². The minimum atomic E-state index is 0.681. The summed E-state index contributed by atoms with van der Waals surface area (Å²) >= 11 is 7.02. The number of para-hydroxylation sites is 1. The van der Waals surface area contributed by atoms with Crippen molar-refractivity contribution in [1.82, 2.24) is 0 Å². The van der Waals surface area contributed by atoms with Gasteiger partial charge in [0.25, 0.3) is 0 Å². The molecule has 0 amide bonds. The van der Waals surface area contributed by atoms with Gasteiger partial charge in [0, 0.05) is 15.5 Å². The monoisotopic (exact) mass is 364 g/mol. The molecule has 0 heterocycles. The van der Waals surface area contributed by atoms with Crippen LogP contribution in [0.15, 0.2) is 51.4 Å². The first kappa shape index (κ1) is 13.1. The minimum absolute atomic E-state index is 0.681. The summed E-state index contributed by atoms with van der Waals surface area (Å²) in [4.78, 5) is 0. The predicted octanol–water partition coefficient (Wildman–Crippen LogP) is 4.70. The smallest absolute Gasteiger partial charge is 0.0991 e. The van der Waals surface area contributed by atoms with Crippen LogP contribution in [0.2, 0.25) is 0 Å². The Morgan fingerprint density at radius 1 is 1.00 bits per heavy atom. The Morgan fingerprint density at radius 3 is 2.17 bits per heavy atom. The molecule has 0 radical (unpaired) electrons. The van der Waals surface area contributed by atoms with Crippen LogP contribution in [0.4, 0.5) is 5.69 Å². The third-order valence-electron chi connectivity index (χ3n) is 2.52. The second kappa shape index (κ2) is 6.03. The lowest BCUT2D eigenvalue weighted by Crippen LogP contribution is -2.00. The summed E-state index contributed by atoms with van der Waals surface area (Å²) in [5, 5.41) is 12.1. The van der Waals surface area contributed by atoms with E-state index in [1.165, 1.54) is 0 Å². The van der Waals surface area contributed by atoms with Crippen LogP contribution in [0, 0.1) is 11.3 Å². The average molecular weight is 366 g/mol. The van der Waals surface area contributed by atoms with Crippen molar-refractivity contribution in [1.29, 1.82) is 5.26 Å². The first-order valence-electron chi connectivity index (χ1n) is 5.37. The molecule has 0 aromatic heterocycles. The van der Waals surface area contributed by atoms with Crippen molar-refractivity contribution < 1.29 is 0 Å². The number of nitriles is 1. The second-order valence-corrected chi connectivity index (χ2v) is 5.47. The molecular weight excluding hydrogens is 356 g/mol. The molecule has 0 unspecified atom stereocenters. The van der Waals surface area contributed by atoms with E-state index >= 15 is 0 Å². The topological polar surface area (TPSA) is 35.8 Å². The molecule has 2 aromatic carbocycles. The van der Waals surface area contributed by atoms with Crippen molar-refractivity contribution in [3.8, 4) is 6.07 Å². The van der Waals surface area contributed by atoms with E-state index < -0.39 is 0 Å². The van der Waals surface area contributed by atoms with Crippen LogP contribution in [-0.4, -0.2) is 0 Å². The Hall–Kier alpha value is -1.31. The van der Waals surface area contributed by atoms with Gasteiger partial charge in [0.15, 0.2) is 0 Å². The molecular formula is C14H10Br2N2. The van der Waals surface area contributed by atoms with E-state index in [2.05, 4.69) is 43.2 Å². The lowest BCUT2D eigenvalue weighted by molar-refractivity contribution is 1.14. The van der Waals surface area contributed by atoms with E-state index in [0.29, 0.717) is 12.1 Å². The maximum absolute atomic E-state index is 8.73. The minimum Gasteiger partial charge on any atom is -0.379 e. The molecule has 0 fully saturated rings. The fraction of sp³-hybridized carbons (Fsp3) is 0.0714. The summed E-state index contributed by atoms with van der Waals surface area (Å²) < 4.78 is 2.04. The summed E-state index contributed by atoms with van der Waals surface area (Å²) in [6.45, 7) is 0.715. The van der Waals surface area contributed by atoms with Crippen LogP contribution in [0.25, 0.3) is 0 Å². The molecule has 0 saturated heterocycles. The molecule has 0 spiro atoms. The number of hydrogen-bond donors (Lipinski definition) is 1. The molecule has 0 aliphatic carbocycles. The molecule has 0 atom stereocenters. The maximum Gasteiger partial charge on any atom is 0.0991 e. The highest BCUT2D eigenvalue weighted by atomic mass is 79.9. The first-order valence-corrected chi connectivity index (χ1v) is 6.96. The van der Waals surface area contributed by atoms with Gasteiger partial charge in [0.05, 0.1) is 17.3 Å². The summed E-state index contributed by atoms with van der Waals surface area (Å²) in [7, 11) is 0. The van der Waals surface area contributed by atoms with Crippen molar-refractivity contribution in [2.24, 2.45) is 0 Å². The van der Waals surface area contributed by atoms with Crippen molar-refractivity contribution >= 4 is 37.5 Å². The molecule has 2 aromatic rings. The van der Waals surface area contributed by atoms with Crippen LogP contribution in [0.3, 0.4) is 0 Å². The van der Waals surface area contributed by atoms with Crippen LogP contribution >= 0.6 is 31.9 Å². The number of nitrogens with one attached hydrogen (secondary N) is 1. The van der Waals surface area contributed by atoms with Crippen molar-refractivity contribution in [2.75, 3.05) is 5.32 Å². The zero-order chi connectivity index (χ0) is 13.0. The van der Waals surface area contributed by atoms with Gasteiger partial charge in [-0.25, -0.2) is 0 Å². The molecule has 4 heteroatoms. The van der Waals surface area contributed by atoms with Crippen molar-refractivity contribution in [2.45, 2.75) is 6.54 Å². The molecule has 0 bridgehead atoms. The zero-order valence-electron chi connectivity index (χ0n) is 9.45. The number of nitrogens with zero attached hydrogens (tertiary/aromatic N) is 1. The predicted molar refractivity (Wildman–Crippen MR) is 80.3 cm³/mol. The zero-order valence-corrected chi connectivity index (χ0v) is 12.6. The number of rotatable bonds is 3. The van der Waals surface area contributed by atoms with Crippen LogP contribution < -0.4 is 5.32 Å². The van der Waals surface area contributed by atoms with Gasteiger partial charge < -0.3 is 5.32 Å². The van der Waals surface area contributed by atoms with E-state index in [9.17, 15) is 0 Å². The Bertz CT molecular complexity index is 565. The molecule has 2 nitrogen and oxygen atoms in total. The van der Waals surface area contributed by atoms with E-state index in [-0.39, 0.29) is 0 Å². The van der Waals surface area contributed by atoms with Crippen molar-refractivity contribution in [3.63, 3.8) is 0 Å². The number of anilines is 1. The quantitative estimate of drug-likeness (QED) is 0.855. The summed E-state index contributed by atoms with van der Waals surface area (Å²) in [5.41, 5.74) is 2.85. The van der Waals surface area contributed by atoms with Gasteiger partial charge in [0.1, 0.15) is 0 Å². The standard InChI is InChI=1S/C14H10Br2N2/c15-12-2-1-3-13(16)14(12)18-9-11-6-4-10(8-17)5-7-11/h1-7,18H,9H2. The van der Waals surface area contributed by atoms with Crippen molar-refractivity contribution in [3.05, 3.63) is 62.5 Å². The Labute approximate surface area is 123 Å². The highest BCUT2D eigenvalue weighted by Crippen LogP contribution is 2.30. The molecule has 1 N–H and O–H groups in total. The van der Waals surface area contributed by atoms with Gasteiger partial charge in [-0.15, -0.1) is 0 Å². The molecule has 0 aliphatic rings. The highest BCUT2D eigenvalue weighted by Gasteiger charge is 2.03. The number of halogens is 2. The first-order chi connectivity index (χ1) is 8.70. The summed E-state index contributed by atoms with van der Waals surface area (Å²) in [6, 6.07) is 15.6. The SMILES string of the molecule is N#Cc1ccc(CNc2c(Br)cccc2Br)cc1. The normalized spacial score (nSPS) is 9.83. The van der Waals surface area contributed by atoms with E-state index in [4.69, 9.17) is 5.26 Å². The Kier molecular flexibility index (Phi) is 4.40. The lowest BCUT2D eigenvalue weighted by Gasteiger charge is -2.10. The summed E-state index contributed by atoms with van der Waals surface area (Å²) in [5.74, 6) is 0. The summed E-state index contributed by atoms with van der Waals surface area (Å²) in [6.07, 6.45) is 0. The highest BCUT2D eigenvalue weighted by molar-refractivity contribution is 9.11. The van der Waals surface area contributed by atoms with Gasteiger partial charge in [-0.1, -0.05) is 18.2 Å². The molecule has 90 valence electrons. The molecule has 18 heavy (non-hydrogen) atoms. The average Bonchev–Trinajstić information content (AvgIpc) is 2.39. The maximum atomic E-state index is 8.73. The van der Waals surface area contributed by atoms with E-state index in [1.54, 1.807) is 0 Å².